The number of nitriles is 2. The molecule has 0 saturated heterocycles. The first-order chi connectivity index (χ1) is 24.7. The van der Waals surface area contributed by atoms with E-state index in [0.717, 1.165) is 24.3 Å². The molecule has 0 radical (unpaired) electrons. The lowest BCUT2D eigenvalue weighted by molar-refractivity contribution is 0.357. The molecule has 2 atom stereocenters. The second kappa shape index (κ2) is 12.5. The van der Waals surface area contributed by atoms with Crippen LogP contribution in [0.15, 0.2) is 78.1 Å². The highest BCUT2D eigenvalue weighted by Crippen LogP contribution is 2.37. The van der Waals surface area contributed by atoms with Gasteiger partial charge in [0.25, 0.3) is 0 Å². The number of hydrogen-bond donors (Lipinski definition) is 0. The van der Waals surface area contributed by atoms with Crippen molar-refractivity contribution in [1.29, 1.82) is 10.5 Å². The molecule has 0 N–H and O–H groups in total. The molecule has 18 heteroatoms. The number of benzene rings is 5. The minimum Gasteiger partial charge on any atom is -0.606 e. The first kappa shape index (κ1) is 34.8. The molecular formula is C34H8F10N4O2S2. The molecule has 0 bridgehead atoms. The van der Waals surface area contributed by atoms with Crippen molar-refractivity contribution in [3.05, 3.63) is 117 Å². The van der Waals surface area contributed by atoms with Gasteiger partial charge in [-0.15, -0.1) is 0 Å². The zero-order valence-corrected chi connectivity index (χ0v) is 26.5. The Morgan fingerprint density at radius 2 is 0.692 bits per heavy atom. The Bertz CT molecular complexity index is 2700. The minimum atomic E-state index is -2.96. The number of rotatable bonds is 4. The van der Waals surface area contributed by atoms with E-state index >= 15 is 0 Å². The molecule has 258 valence electrons. The fraction of sp³-hybridized carbons (Fsp3) is 0. The third kappa shape index (κ3) is 4.90. The average molecular weight is 759 g/mol. The van der Waals surface area contributed by atoms with Gasteiger partial charge in [0.1, 0.15) is 0 Å². The molecule has 0 amide bonds. The van der Waals surface area contributed by atoms with Crippen molar-refractivity contribution >= 4 is 65.4 Å². The van der Waals surface area contributed by atoms with Crippen LogP contribution in [-0.4, -0.2) is 9.11 Å². The van der Waals surface area contributed by atoms with Gasteiger partial charge in [-0.3, -0.25) is 0 Å². The molecule has 7 rings (SSSR count). The summed E-state index contributed by atoms with van der Waals surface area (Å²) >= 11 is -5.92. The molecule has 0 aliphatic rings. The summed E-state index contributed by atoms with van der Waals surface area (Å²) in [6, 6.07) is 9.94. The molecule has 0 saturated carbocycles. The van der Waals surface area contributed by atoms with E-state index in [0.29, 0.717) is 21.5 Å². The Kier molecular flexibility index (Phi) is 8.38. The van der Waals surface area contributed by atoms with E-state index in [1.807, 2.05) is 0 Å². The fourth-order valence-corrected chi connectivity index (χ4v) is 8.25. The van der Waals surface area contributed by atoms with Crippen molar-refractivity contribution in [3.63, 3.8) is 0 Å². The van der Waals surface area contributed by atoms with Gasteiger partial charge in [-0.05, 0) is 57.9 Å². The van der Waals surface area contributed by atoms with Gasteiger partial charge < -0.3 is 9.11 Å². The zero-order chi connectivity index (χ0) is 37.5. The van der Waals surface area contributed by atoms with E-state index in [9.17, 15) is 63.5 Å². The fourth-order valence-electron chi connectivity index (χ4n) is 5.94. The minimum absolute atomic E-state index is 0.0718. The second-order valence-electron chi connectivity index (χ2n) is 10.8. The van der Waals surface area contributed by atoms with Crippen molar-refractivity contribution in [1.82, 2.24) is 0 Å². The molecule has 0 aliphatic heterocycles. The summed E-state index contributed by atoms with van der Waals surface area (Å²) in [5.74, 6) is -23.3. The zero-order valence-electron chi connectivity index (χ0n) is 24.8. The summed E-state index contributed by atoms with van der Waals surface area (Å²) in [7, 11) is 0. The monoisotopic (exact) mass is 758 g/mol. The van der Waals surface area contributed by atoms with E-state index in [2.05, 4.69) is 9.98 Å². The lowest BCUT2D eigenvalue weighted by atomic mass is 10.1. The molecule has 6 nitrogen and oxygen atoms in total. The van der Waals surface area contributed by atoms with Gasteiger partial charge in [0, 0.05) is 56.0 Å². The van der Waals surface area contributed by atoms with Gasteiger partial charge in [-0.25, -0.2) is 26.3 Å². The van der Waals surface area contributed by atoms with Gasteiger partial charge >= 0.3 is 0 Å². The normalized spacial score (nSPS) is 13.8. The molecule has 0 heterocycles. The average Bonchev–Trinajstić information content (AvgIpc) is 3.61. The Hall–Kier alpha value is -5.66. The van der Waals surface area contributed by atoms with E-state index in [1.54, 1.807) is 18.5 Å². The highest BCUT2D eigenvalue weighted by Gasteiger charge is 2.36. The van der Waals surface area contributed by atoms with E-state index < -0.39 is 100 Å². The van der Waals surface area contributed by atoms with Gasteiger partial charge in [0.15, 0.2) is 9.79 Å². The third-order valence-corrected chi connectivity index (χ3v) is 11.0. The van der Waals surface area contributed by atoms with E-state index in [4.69, 9.17) is 0 Å². The van der Waals surface area contributed by atoms with Crippen LogP contribution in [-0.2, 0) is 22.4 Å². The van der Waals surface area contributed by atoms with E-state index in [1.165, 1.54) is 18.2 Å². The Morgan fingerprint density at radius 1 is 0.404 bits per heavy atom. The maximum absolute atomic E-state index is 14.5. The lowest BCUT2D eigenvalue weighted by Gasteiger charge is -2.13. The van der Waals surface area contributed by atoms with Crippen LogP contribution in [0.2, 0.25) is 0 Å². The number of fused-ring (bicyclic) bond motifs is 6. The topological polar surface area (TPSA) is 118 Å². The summed E-state index contributed by atoms with van der Waals surface area (Å²) in [6.07, 6.45) is 3.17. The Labute approximate surface area is 287 Å². The smallest absolute Gasteiger partial charge is 0.236 e. The van der Waals surface area contributed by atoms with Crippen LogP contribution < -0.4 is 10.7 Å². The maximum Gasteiger partial charge on any atom is 0.236 e. The van der Waals surface area contributed by atoms with Crippen LogP contribution >= 0.6 is 0 Å². The second-order valence-corrected chi connectivity index (χ2v) is 13.6. The third-order valence-electron chi connectivity index (χ3n) is 8.20. The molecule has 7 aromatic carbocycles. The largest absolute Gasteiger partial charge is 0.606 e. The van der Waals surface area contributed by atoms with Crippen LogP contribution in [0, 0.1) is 81.1 Å². The number of nitrogens with zero attached hydrogens (tertiary/aromatic N) is 4. The van der Waals surface area contributed by atoms with Gasteiger partial charge in [-0.2, -0.15) is 38.1 Å². The Balaban J connectivity index is 1.46. The van der Waals surface area contributed by atoms with Crippen LogP contribution in [0.5, 0.6) is 0 Å². The molecule has 2 unspecified atom stereocenters. The predicted molar refractivity (Wildman–Crippen MR) is 163 cm³/mol. The van der Waals surface area contributed by atoms with Crippen molar-refractivity contribution < 1.29 is 53.0 Å². The van der Waals surface area contributed by atoms with Crippen LogP contribution in [0.25, 0.3) is 43.1 Å². The highest BCUT2D eigenvalue weighted by atomic mass is 32.2. The van der Waals surface area contributed by atoms with Crippen LogP contribution in [0.1, 0.15) is 0 Å². The molecule has 0 spiro atoms. The van der Waals surface area contributed by atoms with Gasteiger partial charge in [-0.1, -0.05) is 0 Å². The summed E-state index contributed by atoms with van der Waals surface area (Å²) in [6.45, 7) is 0. The quantitative estimate of drug-likeness (QED) is 0.0602. The summed E-state index contributed by atoms with van der Waals surface area (Å²) in [5, 5.41) is 20.7. The molecular weight excluding hydrogens is 751 g/mol. The summed E-state index contributed by atoms with van der Waals surface area (Å²) in [5.41, 5.74) is 0. The standard InChI is InChI=1S/C34H8F10N4O2S2/c35-21-23(37)27(41)33(28(42)24(21)38)51(49)11-1-3-13-15-7-16-14-4-2-12(52(50)34-29(43)25(39)22(36)26(40)30(34)44)6-18(14)32(48-10-46)20(16)8-19(15)31(47-9-45)17(13)5-11/h1-8H/b47-31-,48-32+. The number of halogens is 10. The lowest BCUT2D eigenvalue weighted by Crippen LogP contribution is -2.13. The molecule has 0 fully saturated rings. The summed E-state index contributed by atoms with van der Waals surface area (Å²) in [4.78, 5) is 3.59. The Morgan fingerprint density at radius 3 is 1.02 bits per heavy atom. The van der Waals surface area contributed by atoms with Crippen molar-refractivity contribution in [3.8, 4) is 12.4 Å². The highest BCUT2D eigenvalue weighted by molar-refractivity contribution is 7.91. The van der Waals surface area contributed by atoms with Gasteiger partial charge in [0.05, 0.1) is 10.7 Å². The van der Waals surface area contributed by atoms with E-state index in [-0.39, 0.29) is 32.3 Å². The molecule has 7 aromatic rings. The van der Waals surface area contributed by atoms with Crippen molar-refractivity contribution in [2.45, 2.75) is 19.6 Å². The van der Waals surface area contributed by atoms with Gasteiger partial charge in [0.2, 0.25) is 80.3 Å². The maximum atomic E-state index is 14.5. The molecule has 0 aromatic heterocycles. The first-order valence-electron chi connectivity index (χ1n) is 14.0. The molecule has 52 heavy (non-hydrogen) atoms. The van der Waals surface area contributed by atoms with Crippen LogP contribution in [0.3, 0.4) is 0 Å². The molecule has 0 aliphatic carbocycles. The first-order valence-corrected chi connectivity index (χ1v) is 16.3. The predicted octanol–water partition coefficient (Wildman–Crippen LogP) is 7.66. The summed E-state index contributed by atoms with van der Waals surface area (Å²) < 4.78 is 167. The van der Waals surface area contributed by atoms with Crippen molar-refractivity contribution in [2.75, 3.05) is 0 Å². The van der Waals surface area contributed by atoms with Crippen molar-refractivity contribution in [2.24, 2.45) is 9.98 Å². The number of hydrogen-bond acceptors (Lipinski definition) is 6. The SMILES string of the molecule is N#C/N=c1\c2cc([S+]([O-])c3c(F)c(F)c(F)c(F)c3F)ccc2c2cc3c(cc12)/c(=N\C#N)c1cc([S+]([O-])c2c(F)c(F)c(F)c(F)c2F)ccc13. The van der Waals surface area contributed by atoms with Crippen LogP contribution in [0.4, 0.5) is 43.9 Å².